The first-order valence-electron chi connectivity index (χ1n) is 7.59. The number of nitrogens with zero attached hydrogens (tertiary/aromatic N) is 2. The number of rotatable bonds is 5. The number of nitrogens with two attached hydrogens (primary N) is 1. The first-order valence-corrected chi connectivity index (χ1v) is 8.47. The van der Waals surface area contributed by atoms with E-state index in [-0.39, 0.29) is 6.61 Å². The number of aromatic nitrogens is 2. The Hall–Kier alpha value is -2.93. The van der Waals surface area contributed by atoms with E-state index >= 15 is 0 Å². The first kappa shape index (κ1) is 16.9. The highest BCUT2D eigenvalue weighted by atomic mass is 32.1. The minimum absolute atomic E-state index is 0.119. The van der Waals surface area contributed by atoms with E-state index in [1.165, 1.54) is 0 Å². The molecule has 0 unspecified atom stereocenters. The summed E-state index contributed by atoms with van der Waals surface area (Å²) in [4.78, 5) is 27.8. The zero-order chi connectivity index (χ0) is 18.0. The number of carbonyl (C=O) groups excluding carboxylic acids is 2. The third-order valence-corrected chi connectivity index (χ3v) is 4.51. The molecule has 25 heavy (non-hydrogen) atoms. The van der Waals surface area contributed by atoms with Gasteiger partial charge in [0.05, 0.1) is 10.7 Å². The number of hydrogen-bond donors (Lipinski definition) is 1. The van der Waals surface area contributed by atoms with Crippen LogP contribution < -0.4 is 5.73 Å². The van der Waals surface area contributed by atoms with Crippen LogP contribution in [0.15, 0.2) is 41.9 Å². The van der Waals surface area contributed by atoms with Crippen molar-refractivity contribution < 1.29 is 14.3 Å². The van der Waals surface area contributed by atoms with E-state index < -0.39 is 11.9 Å². The van der Waals surface area contributed by atoms with Crippen molar-refractivity contribution >= 4 is 23.2 Å². The average Bonchev–Trinajstić information content (AvgIpc) is 3.19. The minimum atomic E-state index is -0.489. The van der Waals surface area contributed by atoms with Gasteiger partial charge in [-0.25, -0.2) is 9.78 Å². The molecular weight excluding hydrogens is 338 g/mol. The Labute approximate surface area is 148 Å². The summed E-state index contributed by atoms with van der Waals surface area (Å²) < 4.78 is 7.08. The third-order valence-electron chi connectivity index (χ3n) is 3.74. The normalized spacial score (nSPS) is 10.6. The number of carbonyl (C=O) groups is 2. The summed E-state index contributed by atoms with van der Waals surface area (Å²) in [6.45, 7) is 2.06. The molecule has 1 amide bonds. The molecule has 1 aromatic carbocycles. The quantitative estimate of drug-likeness (QED) is 0.713. The number of hydrogen-bond acceptors (Lipinski definition) is 5. The molecule has 0 atom stereocenters. The lowest BCUT2D eigenvalue weighted by atomic mass is 10.1. The summed E-state index contributed by atoms with van der Waals surface area (Å²) >= 11 is 1.56. The third kappa shape index (κ3) is 3.77. The number of ether oxygens (including phenoxy) is 1. The van der Waals surface area contributed by atoms with E-state index in [0.29, 0.717) is 11.3 Å². The van der Waals surface area contributed by atoms with E-state index in [0.717, 1.165) is 21.8 Å². The average molecular weight is 355 g/mol. The van der Waals surface area contributed by atoms with Gasteiger partial charge in [0.2, 0.25) is 5.91 Å². The summed E-state index contributed by atoms with van der Waals surface area (Å²) in [7, 11) is 1.79. The smallest absolute Gasteiger partial charge is 0.355 e. The molecule has 0 radical (unpaired) electrons. The van der Waals surface area contributed by atoms with Crippen molar-refractivity contribution in [3.05, 3.63) is 63.7 Å². The van der Waals surface area contributed by atoms with Gasteiger partial charge in [-0.3, -0.25) is 4.79 Å². The highest BCUT2D eigenvalue weighted by Crippen LogP contribution is 2.24. The maximum absolute atomic E-state index is 12.3. The molecule has 2 N–H and O–H groups in total. The molecule has 0 fully saturated rings. The van der Waals surface area contributed by atoms with Gasteiger partial charge in [0.25, 0.3) is 0 Å². The lowest BCUT2D eigenvalue weighted by molar-refractivity contribution is 0.0461. The number of esters is 1. The Balaban J connectivity index is 1.69. The van der Waals surface area contributed by atoms with Gasteiger partial charge in [-0.1, -0.05) is 12.1 Å². The standard InChI is InChI=1S/C18H17N3O3S/c1-11-20-15(10-25-11)14-7-16(21(2)8-14)18(23)24-9-12-3-5-13(6-4-12)17(19)22/h3-8,10H,9H2,1-2H3,(H2,19,22). The molecule has 7 heteroatoms. The summed E-state index contributed by atoms with van der Waals surface area (Å²) in [5.41, 5.74) is 8.58. The van der Waals surface area contributed by atoms with Crippen LogP contribution in [0.2, 0.25) is 0 Å². The summed E-state index contributed by atoms with van der Waals surface area (Å²) in [6.07, 6.45) is 1.85. The molecular formula is C18H17N3O3S. The highest BCUT2D eigenvalue weighted by Gasteiger charge is 2.15. The van der Waals surface area contributed by atoms with Crippen molar-refractivity contribution in [3.8, 4) is 11.3 Å². The number of benzene rings is 1. The molecule has 0 aliphatic rings. The molecule has 2 heterocycles. The van der Waals surface area contributed by atoms with E-state index in [1.807, 2.05) is 18.5 Å². The first-order chi connectivity index (χ1) is 11.9. The van der Waals surface area contributed by atoms with E-state index in [9.17, 15) is 9.59 Å². The Morgan fingerprint density at radius 3 is 2.60 bits per heavy atom. The Kier molecular flexibility index (Phi) is 4.67. The largest absolute Gasteiger partial charge is 0.456 e. The lowest BCUT2D eigenvalue weighted by Crippen LogP contribution is -2.11. The fourth-order valence-electron chi connectivity index (χ4n) is 2.39. The number of primary amides is 1. The van der Waals surface area contributed by atoms with E-state index in [2.05, 4.69) is 4.98 Å². The van der Waals surface area contributed by atoms with Crippen molar-refractivity contribution in [2.45, 2.75) is 13.5 Å². The Morgan fingerprint density at radius 2 is 2.00 bits per heavy atom. The lowest BCUT2D eigenvalue weighted by Gasteiger charge is -2.06. The second kappa shape index (κ2) is 6.90. The molecule has 6 nitrogen and oxygen atoms in total. The van der Waals surface area contributed by atoms with Gasteiger partial charge in [-0.05, 0) is 30.7 Å². The van der Waals surface area contributed by atoms with Gasteiger partial charge in [0, 0.05) is 29.8 Å². The predicted molar refractivity (Wildman–Crippen MR) is 95.3 cm³/mol. The van der Waals surface area contributed by atoms with Crippen LogP contribution in [-0.2, 0) is 18.4 Å². The summed E-state index contributed by atoms with van der Waals surface area (Å²) in [6, 6.07) is 8.41. The molecule has 0 aliphatic heterocycles. The highest BCUT2D eigenvalue weighted by molar-refractivity contribution is 7.09. The fraction of sp³-hybridized carbons (Fsp3) is 0.167. The monoisotopic (exact) mass is 355 g/mol. The number of aryl methyl sites for hydroxylation is 2. The molecule has 0 saturated carbocycles. The summed E-state index contributed by atoms with van der Waals surface area (Å²) in [5, 5.41) is 2.93. The zero-order valence-corrected chi connectivity index (χ0v) is 14.7. The van der Waals surface area contributed by atoms with Crippen molar-refractivity contribution in [3.63, 3.8) is 0 Å². The SMILES string of the molecule is Cc1nc(-c2cc(C(=O)OCc3ccc(C(N)=O)cc3)n(C)c2)cs1. The fourth-order valence-corrected chi connectivity index (χ4v) is 3.01. The topological polar surface area (TPSA) is 87.2 Å². The number of amides is 1. The Morgan fingerprint density at radius 1 is 1.28 bits per heavy atom. The second-order valence-corrected chi connectivity index (χ2v) is 6.68. The molecule has 0 bridgehead atoms. The van der Waals surface area contributed by atoms with Crippen LogP contribution in [-0.4, -0.2) is 21.4 Å². The molecule has 128 valence electrons. The predicted octanol–water partition coefficient (Wildman–Crippen LogP) is 2.91. The maximum Gasteiger partial charge on any atom is 0.355 e. The van der Waals surface area contributed by atoms with Gasteiger partial charge >= 0.3 is 5.97 Å². The summed E-state index contributed by atoms with van der Waals surface area (Å²) in [5.74, 6) is -0.906. The van der Waals surface area contributed by atoms with Gasteiger partial charge in [0.1, 0.15) is 12.3 Å². The molecule has 0 spiro atoms. The molecule has 0 aliphatic carbocycles. The zero-order valence-electron chi connectivity index (χ0n) is 13.9. The van der Waals surface area contributed by atoms with Crippen LogP contribution in [0.5, 0.6) is 0 Å². The van der Waals surface area contributed by atoms with E-state index in [1.54, 1.807) is 53.3 Å². The molecule has 3 rings (SSSR count). The second-order valence-electron chi connectivity index (χ2n) is 5.61. The minimum Gasteiger partial charge on any atom is -0.456 e. The number of thiazole rings is 1. The van der Waals surface area contributed by atoms with Gasteiger partial charge < -0.3 is 15.0 Å². The van der Waals surface area contributed by atoms with Gasteiger partial charge in [-0.2, -0.15) is 0 Å². The molecule has 2 aromatic heterocycles. The van der Waals surface area contributed by atoms with Crippen molar-refractivity contribution in [2.75, 3.05) is 0 Å². The van der Waals surface area contributed by atoms with E-state index in [4.69, 9.17) is 10.5 Å². The Bertz CT molecular complexity index is 925. The van der Waals surface area contributed by atoms with Crippen molar-refractivity contribution in [1.29, 1.82) is 0 Å². The van der Waals surface area contributed by atoms with Crippen LogP contribution in [0.4, 0.5) is 0 Å². The molecule has 0 saturated heterocycles. The van der Waals surface area contributed by atoms with Crippen LogP contribution >= 0.6 is 11.3 Å². The van der Waals surface area contributed by atoms with Crippen LogP contribution in [0, 0.1) is 6.92 Å². The molecule has 3 aromatic rings. The van der Waals surface area contributed by atoms with Gasteiger partial charge in [-0.15, -0.1) is 11.3 Å². The van der Waals surface area contributed by atoms with Crippen molar-refractivity contribution in [2.24, 2.45) is 12.8 Å². The van der Waals surface area contributed by atoms with Crippen LogP contribution in [0.25, 0.3) is 11.3 Å². The maximum atomic E-state index is 12.3. The van der Waals surface area contributed by atoms with Crippen LogP contribution in [0.1, 0.15) is 31.4 Å². The van der Waals surface area contributed by atoms with Crippen molar-refractivity contribution in [1.82, 2.24) is 9.55 Å². The van der Waals surface area contributed by atoms with Gasteiger partial charge in [0.15, 0.2) is 0 Å². The van der Waals surface area contributed by atoms with Crippen LogP contribution in [0.3, 0.4) is 0 Å².